The molecule has 0 fully saturated rings. The molecule has 3 rings (SSSR count). The average molecular weight is 240 g/mol. The van der Waals surface area contributed by atoms with Gasteiger partial charge in [0.2, 0.25) is 0 Å². The molecule has 1 N–H and O–H groups in total. The van der Waals surface area contributed by atoms with Crippen LogP contribution in [0.4, 0.5) is 0 Å². The van der Waals surface area contributed by atoms with Crippen LogP contribution in [-0.4, -0.2) is 18.6 Å². The number of rotatable bonds is 2. The summed E-state index contributed by atoms with van der Waals surface area (Å²) in [6.45, 7) is 1.94. The Hall–Kier alpha value is -1.87. The van der Waals surface area contributed by atoms with E-state index in [1.54, 1.807) is 7.11 Å². The highest BCUT2D eigenvalue weighted by molar-refractivity contribution is 5.73. The zero-order valence-corrected chi connectivity index (χ0v) is 10.4. The zero-order chi connectivity index (χ0) is 12.4. The van der Waals surface area contributed by atoms with Gasteiger partial charge in [-0.2, -0.15) is 0 Å². The second-order valence-electron chi connectivity index (χ2n) is 4.42. The van der Waals surface area contributed by atoms with Crippen molar-refractivity contribution in [3.8, 4) is 17.0 Å². The van der Waals surface area contributed by atoms with E-state index < -0.39 is 0 Å². The van der Waals surface area contributed by atoms with Crippen molar-refractivity contribution in [3.63, 3.8) is 0 Å². The van der Waals surface area contributed by atoms with Crippen LogP contribution in [0.5, 0.6) is 5.75 Å². The predicted molar refractivity (Wildman–Crippen MR) is 71.6 cm³/mol. The van der Waals surface area contributed by atoms with E-state index in [0.29, 0.717) is 0 Å². The maximum atomic E-state index is 5.51. The lowest BCUT2D eigenvalue weighted by Crippen LogP contribution is -2.24. The lowest BCUT2D eigenvalue weighted by atomic mass is 9.92. The lowest BCUT2D eigenvalue weighted by molar-refractivity contribution is 0.415. The Morgan fingerprint density at radius 3 is 2.94 bits per heavy atom. The molecule has 0 atom stereocenters. The van der Waals surface area contributed by atoms with E-state index in [1.807, 2.05) is 30.5 Å². The van der Waals surface area contributed by atoms with Crippen molar-refractivity contribution < 1.29 is 4.74 Å². The van der Waals surface area contributed by atoms with E-state index in [2.05, 4.69) is 16.4 Å². The van der Waals surface area contributed by atoms with Crippen LogP contribution in [-0.2, 0) is 13.0 Å². The summed E-state index contributed by atoms with van der Waals surface area (Å²) in [7, 11) is 1.72. The van der Waals surface area contributed by atoms with Crippen LogP contribution in [0, 0.1) is 0 Å². The topological polar surface area (TPSA) is 34.1 Å². The summed E-state index contributed by atoms with van der Waals surface area (Å²) in [4.78, 5) is 4.47. The number of ether oxygens (including phenoxy) is 1. The predicted octanol–water partition coefficient (Wildman–Crippen LogP) is 2.40. The van der Waals surface area contributed by atoms with Crippen molar-refractivity contribution >= 4 is 0 Å². The third-order valence-corrected chi connectivity index (χ3v) is 3.38. The average Bonchev–Trinajstić information content (AvgIpc) is 2.47. The molecule has 1 aliphatic rings. The van der Waals surface area contributed by atoms with Gasteiger partial charge in [0.1, 0.15) is 5.75 Å². The van der Waals surface area contributed by atoms with Gasteiger partial charge in [-0.25, -0.2) is 0 Å². The van der Waals surface area contributed by atoms with Crippen molar-refractivity contribution in [1.29, 1.82) is 0 Å². The monoisotopic (exact) mass is 240 g/mol. The quantitative estimate of drug-likeness (QED) is 0.875. The number of fused-ring (bicyclic) bond motifs is 1. The molecule has 3 heteroatoms. The van der Waals surface area contributed by atoms with Gasteiger partial charge in [-0.05, 0) is 42.3 Å². The van der Waals surface area contributed by atoms with Gasteiger partial charge in [0.25, 0.3) is 0 Å². The maximum absolute atomic E-state index is 5.51. The Morgan fingerprint density at radius 1 is 1.22 bits per heavy atom. The van der Waals surface area contributed by atoms with Crippen LogP contribution in [0.1, 0.15) is 11.1 Å². The van der Waals surface area contributed by atoms with Crippen LogP contribution in [0.15, 0.2) is 36.5 Å². The van der Waals surface area contributed by atoms with Crippen LogP contribution in [0.3, 0.4) is 0 Å². The van der Waals surface area contributed by atoms with Gasteiger partial charge in [-0.1, -0.05) is 12.1 Å². The molecule has 0 bridgehead atoms. The van der Waals surface area contributed by atoms with Gasteiger partial charge >= 0.3 is 0 Å². The number of nitrogens with zero attached hydrogens (tertiary/aromatic N) is 1. The first-order valence-electron chi connectivity index (χ1n) is 6.21. The number of hydrogen-bond donors (Lipinski definition) is 1. The lowest BCUT2D eigenvalue weighted by Gasteiger charge is -2.22. The summed E-state index contributed by atoms with van der Waals surface area (Å²) in [6, 6.07) is 10.2. The molecule has 3 nitrogen and oxygen atoms in total. The third kappa shape index (κ3) is 1.87. The van der Waals surface area contributed by atoms with E-state index in [9.17, 15) is 0 Å². The molecule has 0 amide bonds. The largest absolute Gasteiger partial charge is 0.496 e. The molecular formula is C15H16N2O. The Morgan fingerprint density at radius 2 is 2.17 bits per heavy atom. The standard InChI is InChI=1S/C15H16N2O/c1-18-14-6-5-11-10-16-9-7-12(11)15(14)13-4-2-3-8-17-13/h2-6,8,16H,7,9-10H2,1H3. The first kappa shape index (κ1) is 11.2. The van der Waals surface area contributed by atoms with Gasteiger partial charge in [0.15, 0.2) is 0 Å². The van der Waals surface area contributed by atoms with Gasteiger partial charge < -0.3 is 10.1 Å². The molecule has 2 aromatic rings. The second-order valence-corrected chi connectivity index (χ2v) is 4.42. The summed E-state index contributed by atoms with van der Waals surface area (Å²) in [6.07, 6.45) is 2.85. The molecule has 0 unspecified atom stereocenters. The molecule has 1 aromatic heterocycles. The number of methoxy groups -OCH3 is 1. The zero-order valence-electron chi connectivity index (χ0n) is 10.4. The first-order chi connectivity index (χ1) is 8.90. The maximum Gasteiger partial charge on any atom is 0.128 e. The Labute approximate surface area is 107 Å². The van der Waals surface area contributed by atoms with Crippen molar-refractivity contribution in [2.45, 2.75) is 13.0 Å². The van der Waals surface area contributed by atoms with E-state index in [1.165, 1.54) is 11.1 Å². The second kappa shape index (κ2) is 4.78. The highest BCUT2D eigenvalue weighted by Crippen LogP contribution is 2.35. The highest BCUT2D eigenvalue weighted by atomic mass is 16.5. The molecule has 0 saturated heterocycles. The fourth-order valence-electron chi connectivity index (χ4n) is 2.52. The van der Waals surface area contributed by atoms with E-state index in [4.69, 9.17) is 4.74 Å². The molecule has 0 radical (unpaired) electrons. The highest BCUT2D eigenvalue weighted by Gasteiger charge is 2.18. The van der Waals surface area contributed by atoms with Crippen LogP contribution in [0.25, 0.3) is 11.3 Å². The molecule has 1 aromatic carbocycles. The minimum Gasteiger partial charge on any atom is -0.496 e. The number of aromatic nitrogens is 1. The van der Waals surface area contributed by atoms with Gasteiger partial charge in [-0.3, -0.25) is 4.98 Å². The summed E-state index contributed by atoms with van der Waals surface area (Å²) < 4.78 is 5.51. The first-order valence-corrected chi connectivity index (χ1v) is 6.21. The normalized spacial score (nSPS) is 14.1. The third-order valence-electron chi connectivity index (χ3n) is 3.38. The fraction of sp³-hybridized carbons (Fsp3) is 0.267. The minimum atomic E-state index is 0.911. The summed E-state index contributed by atoms with van der Waals surface area (Å²) in [5, 5.41) is 3.40. The van der Waals surface area contributed by atoms with E-state index in [0.717, 1.165) is 36.5 Å². The smallest absolute Gasteiger partial charge is 0.128 e. The Kier molecular flexibility index (Phi) is 2.99. The summed E-state index contributed by atoms with van der Waals surface area (Å²) >= 11 is 0. The number of pyridine rings is 1. The van der Waals surface area contributed by atoms with Crippen molar-refractivity contribution in [2.75, 3.05) is 13.7 Å². The molecule has 0 aliphatic carbocycles. The van der Waals surface area contributed by atoms with Gasteiger partial charge in [0.05, 0.1) is 12.8 Å². The van der Waals surface area contributed by atoms with Crippen molar-refractivity contribution in [2.24, 2.45) is 0 Å². The minimum absolute atomic E-state index is 0.911. The SMILES string of the molecule is COc1ccc2c(c1-c1ccccn1)CCNC2. The summed E-state index contributed by atoms with van der Waals surface area (Å²) in [5.74, 6) is 0.911. The van der Waals surface area contributed by atoms with Gasteiger partial charge in [0, 0.05) is 18.3 Å². The van der Waals surface area contributed by atoms with Crippen molar-refractivity contribution in [1.82, 2.24) is 10.3 Å². The molecule has 2 heterocycles. The fourth-order valence-corrected chi connectivity index (χ4v) is 2.52. The van der Waals surface area contributed by atoms with Crippen molar-refractivity contribution in [3.05, 3.63) is 47.7 Å². The molecule has 18 heavy (non-hydrogen) atoms. The summed E-state index contributed by atoms with van der Waals surface area (Å²) in [5.41, 5.74) is 4.86. The van der Waals surface area contributed by atoms with Crippen LogP contribution in [0.2, 0.25) is 0 Å². The van der Waals surface area contributed by atoms with E-state index in [-0.39, 0.29) is 0 Å². The van der Waals surface area contributed by atoms with E-state index >= 15 is 0 Å². The Balaban J connectivity index is 2.22. The number of nitrogens with one attached hydrogen (secondary N) is 1. The van der Waals surface area contributed by atoms with Gasteiger partial charge in [-0.15, -0.1) is 0 Å². The van der Waals surface area contributed by atoms with Crippen LogP contribution >= 0.6 is 0 Å². The molecule has 1 aliphatic heterocycles. The number of benzene rings is 1. The molecular weight excluding hydrogens is 224 g/mol. The molecule has 0 spiro atoms. The Bertz CT molecular complexity index is 552. The molecule has 92 valence electrons. The van der Waals surface area contributed by atoms with Crippen LogP contribution < -0.4 is 10.1 Å². The molecule has 0 saturated carbocycles. The number of hydrogen-bond acceptors (Lipinski definition) is 3.